The van der Waals surface area contributed by atoms with Crippen molar-refractivity contribution in [1.29, 1.82) is 0 Å². The Balaban J connectivity index is 1.96. The average Bonchev–Trinajstić information content (AvgIpc) is 2.81. The molecule has 1 aromatic rings. The number of aromatic nitrogens is 1. The summed E-state index contributed by atoms with van der Waals surface area (Å²) in [5.41, 5.74) is 1.93. The van der Waals surface area contributed by atoms with Gasteiger partial charge in [-0.2, -0.15) is 0 Å². The number of hydrogen-bond donors (Lipinski definition) is 0. The van der Waals surface area contributed by atoms with Crippen LogP contribution in [0.25, 0.3) is 0 Å². The molecule has 1 saturated heterocycles. The molecule has 0 aromatic carbocycles. The molecule has 4 heteroatoms. The van der Waals surface area contributed by atoms with E-state index in [1.165, 1.54) is 0 Å². The molecule has 1 aliphatic heterocycles. The highest BCUT2D eigenvalue weighted by molar-refractivity contribution is 5.74. The number of urea groups is 1. The van der Waals surface area contributed by atoms with Gasteiger partial charge >= 0.3 is 6.03 Å². The van der Waals surface area contributed by atoms with Gasteiger partial charge < -0.3 is 9.80 Å². The van der Waals surface area contributed by atoms with Crippen LogP contribution in [0, 0.1) is 6.92 Å². The van der Waals surface area contributed by atoms with Crippen LogP contribution < -0.4 is 0 Å². The fourth-order valence-corrected chi connectivity index (χ4v) is 2.15. The molecule has 1 fully saturated rings. The van der Waals surface area contributed by atoms with Crippen molar-refractivity contribution in [3.05, 3.63) is 29.6 Å². The van der Waals surface area contributed by atoms with Gasteiger partial charge in [0, 0.05) is 25.8 Å². The van der Waals surface area contributed by atoms with E-state index in [0.29, 0.717) is 6.54 Å². The topological polar surface area (TPSA) is 36.4 Å². The Kier molecular flexibility index (Phi) is 3.61. The second-order valence-electron chi connectivity index (χ2n) is 4.60. The summed E-state index contributed by atoms with van der Waals surface area (Å²) in [6.07, 6.45) is 2.25. The van der Waals surface area contributed by atoms with Gasteiger partial charge in [0.15, 0.2) is 0 Å². The Hall–Kier alpha value is -1.58. The highest BCUT2D eigenvalue weighted by atomic mass is 16.2. The predicted molar refractivity (Wildman–Crippen MR) is 66.6 cm³/mol. The van der Waals surface area contributed by atoms with Gasteiger partial charge in [-0.25, -0.2) is 4.79 Å². The zero-order chi connectivity index (χ0) is 12.3. The summed E-state index contributed by atoms with van der Waals surface area (Å²) in [6, 6.07) is 6.02. The molecular formula is C13H19N3O. The summed E-state index contributed by atoms with van der Waals surface area (Å²) in [5, 5.41) is 0. The standard InChI is InChI=1S/C13H19N3O/c1-11-6-5-7-12(14-11)10-15(2)13(17)16-8-3-4-9-16/h5-7H,3-4,8-10H2,1-2H3. The van der Waals surface area contributed by atoms with Gasteiger partial charge in [0.1, 0.15) is 0 Å². The second-order valence-corrected chi connectivity index (χ2v) is 4.60. The molecule has 92 valence electrons. The van der Waals surface area contributed by atoms with E-state index in [1.54, 1.807) is 4.90 Å². The summed E-state index contributed by atoms with van der Waals surface area (Å²) >= 11 is 0. The Morgan fingerprint density at radius 1 is 1.41 bits per heavy atom. The lowest BCUT2D eigenvalue weighted by atomic mass is 10.3. The Morgan fingerprint density at radius 2 is 2.12 bits per heavy atom. The molecule has 1 aromatic heterocycles. The lowest BCUT2D eigenvalue weighted by Crippen LogP contribution is -2.39. The molecule has 0 radical (unpaired) electrons. The zero-order valence-electron chi connectivity index (χ0n) is 10.5. The molecule has 17 heavy (non-hydrogen) atoms. The third-order valence-electron chi connectivity index (χ3n) is 3.05. The van der Waals surface area contributed by atoms with Crippen LogP contribution in [0.3, 0.4) is 0 Å². The van der Waals surface area contributed by atoms with Gasteiger partial charge in [-0.15, -0.1) is 0 Å². The van der Waals surface area contributed by atoms with Crippen molar-refractivity contribution in [3.8, 4) is 0 Å². The fourth-order valence-electron chi connectivity index (χ4n) is 2.15. The maximum absolute atomic E-state index is 12.1. The van der Waals surface area contributed by atoms with Gasteiger partial charge in [0.05, 0.1) is 12.2 Å². The average molecular weight is 233 g/mol. The quantitative estimate of drug-likeness (QED) is 0.783. The van der Waals surface area contributed by atoms with Crippen molar-refractivity contribution in [2.75, 3.05) is 20.1 Å². The molecular weight excluding hydrogens is 214 g/mol. The van der Waals surface area contributed by atoms with Crippen LogP contribution in [0.2, 0.25) is 0 Å². The monoisotopic (exact) mass is 233 g/mol. The van der Waals surface area contributed by atoms with Gasteiger partial charge in [0.2, 0.25) is 0 Å². The summed E-state index contributed by atoms with van der Waals surface area (Å²) in [7, 11) is 1.84. The Labute approximate surface area is 102 Å². The lowest BCUT2D eigenvalue weighted by molar-refractivity contribution is 0.170. The molecule has 2 heterocycles. The van der Waals surface area contributed by atoms with E-state index in [1.807, 2.05) is 37.1 Å². The summed E-state index contributed by atoms with van der Waals surface area (Å²) in [6.45, 7) is 4.33. The van der Waals surface area contributed by atoms with Gasteiger partial charge in [0.25, 0.3) is 0 Å². The van der Waals surface area contributed by atoms with Crippen molar-refractivity contribution in [2.24, 2.45) is 0 Å². The number of likely N-dealkylation sites (tertiary alicyclic amines) is 1. The van der Waals surface area contributed by atoms with Crippen LogP contribution >= 0.6 is 0 Å². The van der Waals surface area contributed by atoms with Gasteiger partial charge in [-0.3, -0.25) is 4.98 Å². The molecule has 2 rings (SSSR count). The van der Waals surface area contributed by atoms with Gasteiger partial charge in [-0.05, 0) is 31.9 Å². The molecule has 0 saturated carbocycles. The molecule has 4 nitrogen and oxygen atoms in total. The largest absolute Gasteiger partial charge is 0.325 e. The molecule has 0 spiro atoms. The molecule has 2 amide bonds. The van der Waals surface area contributed by atoms with Crippen LogP contribution in [-0.4, -0.2) is 41.0 Å². The Bertz CT molecular complexity index is 399. The van der Waals surface area contributed by atoms with Crippen molar-refractivity contribution in [3.63, 3.8) is 0 Å². The first-order chi connectivity index (χ1) is 8.16. The molecule has 0 unspecified atom stereocenters. The number of carbonyl (C=O) groups is 1. The van der Waals surface area contributed by atoms with Crippen molar-refractivity contribution >= 4 is 6.03 Å². The zero-order valence-corrected chi connectivity index (χ0v) is 10.5. The second kappa shape index (κ2) is 5.17. The van der Waals surface area contributed by atoms with E-state index in [0.717, 1.165) is 37.3 Å². The molecule has 0 atom stereocenters. The fraction of sp³-hybridized carbons (Fsp3) is 0.538. The summed E-state index contributed by atoms with van der Waals surface area (Å²) in [5.74, 6) is 0. The number of pyridine rings is 1. The third kappa shape index (κ3) is 2.96. The number of rotatable bonds is 2. The van der Waals surface area contributed by atoms with Crippen LogP contribution in [-0.2, 0) is 6.54 Å². The van der Waals surface area contributed by atoms with Crippen molar-refractivity contribution in [1.82, 2.24) is 14.8 Å². The number of amides is 2. The molecule has 0 bridgehead atoms. The number of carbonyl (C=O) groups excluding carboxylic acids is 1. The maximum Gasteiger partial charge on any atom is 0.320 e. The Morgan fingerprint density at radius 3 is 2.76 bits per heavy atom. The lowest BCUT2D eigenvalue weighted by Gasteiger charge is -2.24. The summed E-state index contributed by atoms with van der Waals surface area (Å²) in [4.78, 5) is 20.1. The van der Waals surface area contributed by atoms with Crippen LogP contribution in [0.15, 0.2) is 18.2 Å². The molecule has 0 N–H and O–H groups in total. The number of nitrogens with zero attached hydrogens (tertiary/aromatic N) is 3. The first kappa shape index (κ1) is 11.9. The highest BCUT2D eigenvalue weighted by Gasteiger charge is 2.21. The summed E-state index contributed by atoms with van der Waals surface area (Å²) < 4.78 is 0. The van der Waals surface area contributed by atoms with E-state index in [4.69, 9.17) is 0 Å². The smallest absolute Gasteiger partial charge is 0.320 e. The van der Waals surface area contributed by atoms with Crippen molar-refractivity contribution in [2.45, 2.75) is 26.3 Å². The maximum atomic E-state index is 12.1. The van der Waals surface area contributed by atoms with Crippen LogP contribution in [0.4, 0.5) is 4.79 Å². The molecule has 0 aliphatic carbocycles. The van der Waals surface area contributed by atoms with E-state index >= 15 is 0 Å². The SMILES string of the molecule is Cc1cccc(CN(C)C(=O)N2CCCC2)n1. The third-order valence-corrected chi connectivity index (χ3v) is 3.05. The highest BCUT2D eigenvalue weighted by Crippen LogP contribution is 2.11. The predicted octanol–water partition coefficient (Wildman–Crippen LogP) is 2.04. The van der Waals surface area contributed by atoms with E-state index < -0.39 is 0 Å². The van der Waals surface area contributed by atoms with Crippen molar-refractivity contribution < 1.29 is 4.79 Å². The minimum Gasteiger partial charge on any atom is -0.325 e. The number of hydrogen-bond acceptors (Lipinski definition) is 2. The van der Waals surface area contributed by atoms with E-state index in [-0.39, 0.29) is 6.03 Å². The first-order valence-corrected chi connectivity index (χ1v) is 6.09. The minimum absolute atomic E-state index is 0.116. The van der Waals surface area contributed by atoms with E-state index in [9.17, 15) is 4.79 Å². The minimum atomic E-state index is 0.116. The van der Waals surface area contributed by atoms with Gasteiger partial charge in [-0.1, -0.05) is 6.07 Å². The number of aryl methyl sites for hydroxylation is 1. The van der Waals surface area contributed by atoms with Crippen LogP contribution in [0.1, 0.15) is 24.2 Å². The van der Waals surface area contributed by atoms with E-state index in [2.05, 4.69) is 4.98 Å². The first-order valence-electron chi connectivity index (χ1n) is 6.09. The molecule has 1 aliphatic rings. The van der Waals surface area contributed by atoms with Crippen LogP contribution in [0.5, 0.6) is 0 Å². The normalized spacial score (nSPS) is 15.1.